The van der Waals surface area contributed by atoms with Crippen LogP contribution in [0.2, 0.25) is 0 Å². The highest BCUT2D eigenvalue weighted by atomic mass is 32.2. The number of nitrogens with one attached hydrogen (secondary N) is 1. The molecule has 0 saturated heterocycles. The number of thioether (sulfide) groups is 1. The van der Waals surface area contributed by atoms with E-state index >= 15 is 0 Å². The SMILES string of the molecule is C=CCn1c(SCC(=O)Nc2sc3c(c2C#N)CCCCC3)nc2sccc2c1=O. The Balaban J connectivity index is 1.52. The average molecular weight is 457 g/mol. The smallest absolute Gasteiger partial charge is 0.263 e. The highest BCUT2D eigenvalue weighted by Gasteiger charge is 2.21. The maximum Gasteiger partial charge on any atom is 0.263 e. The van der Waals surface area contributed by atoms with Crippen LogP contribution in [0.5, 0.6) is 0 Å². The quantitative estimate of drug-likeness (QED) is 0.254. The van der Waals surface area contributed by atoms with Crippen molar-refractivity contribution in [2.24, 2.45) is 0 Å². The molecule has 0 aliphatic heterocycles. The second kappa shape index (κ2) is 9.16. The second-order valence-corrected chi connectivity index (χ2v) is 9.90. The van der Waals surface area contributed by atoms with Crippen LogP contribution in [-0.4, -0.2) is 21.2 Å². The fourth-order valence-corrected chi connectivity index (χ4v) is 6.44. The number of amides is 1. The van der Waals surface area contributed by atoms with Crippen molar-refractivity contribution < 1.29 is 4.79 Å². The number of nitriles is 1. The predicted octanol–water partition coefficient (Wildman–Crippen LogP) is 4.58. The number of thiophene rings is 2. The Morgan fingerprint density at radius 1 is 1.40 bits per heavy atom. The van der Waals surface area contributed by atoms with E-state index in [1.54, 1.807) is 12.1 Å². The molecule has 0 fully saturated rings. The van der Waals surface area contributed by atoms with Crippen LogP contribution in [0.15, 0.2) is 34.1 Å². The molecule has 30 heavy (non-hydrogen) atoms. The van der Waals surface area contributed by atoms with Gasteiger partial charge in [-0.15, -0.1) is 29.3 Å². The third-order valence-electron chi connectivity index (χ3n) is 4.98. The number of carbonyl (C=O) groups is 1. The average Bonchev–Trinajstić information content (AvgIpc) is 3.26. The topological polar surface area (TPSA) is 87.8 Å². The summed E-state index contributed by atoms with van der Waals surface area (Å²) >= 11 is 4.14. The number of fused-ring (bicyclic) bond motifs is 2. The molecule has 0 unspecified atom stereocenters. The molecular formula is C21H20N4O2S3. The highest BCUT2D eigenvalue weighted by Crippen LogP contribution is 2.37. The number of allylic oxidation sites excluding steroid dienone is 1. The molecule has 6 nitrogen and oxygen atoms in total. The summed E-state index contributed by atoms with van der Waals surface area (Å²) in [5.41, 5.74) is 1.59. The van der Waals surface area contributed by atoms with Gasteiger partial charge in [-0.3, -0.25) is 14.2 Å². The van der Waals surface area contributed by atoms with Crippen molar-refractivity contribution in [1.29, 1.82) is 5.26 Å². The van der Waals surface area contributed by atoms with Crippen molar-refractivity contribution in [2.45, 2.75) is 43.8 Å². The van der Waals surface area contributed by atoms with E-state index < -0.39 is 0 Å². The molecule has 154 valence electrons. The number of carbonyl (C=O) groups excluding carboxylic acids is 1. The van der Waals surface area contributed by atoms with Crippen LogP contribution in [0.3, 0.4) is 0 Å². The van der Waals surface area contributed by atoms with Crippen LogP contribution in [-0.2, 0) is 24.2 Å². The maximum absolute atomic E-state index is 12.7. The van der Waals surface area contributed by atoms with Crippen LogP contribution >= 0.6 is 34.4 Å². The summed E-state index contributed by atoms with van der Waals surface area (Å²) in [7, 11) is 0. The van der Waals surface area contributed by atoms with Gasteiger partial charge in [0, 0.05) is 11.4 Å². The molecule has 3 aromatic rings. The van der Waals surface area contributed by atoms with Crippen molar-refractivity contribution in [3.8, 4) is 6.07 Å². The van der Waals surface area contributed by atoms with Gasteiger partial charge in [0.15, 0.2) is 5.16 Å². The van der Waals surface area contributed by atoms with E-state index in [2.05, 4.69) is 22.9 Å². The largest absolute Gasteiger partial charge is 0.316 e. The van der Waals surface area contributed by atoms with Crippen molar-refractivity contribution in [3.63, 3.8) is 0 Å². The van der Waals surface area contributed by atoms with Crippen molar-refractivity contribution in [3.05, 3.63) is 50.5 Å². The zero-order chi connectivity index (χ0) is 21.1. The lowest BCUT2D eigenvalue weighted by molar-refractivity contribution is -0.113. The van der Waals surface area contributed by atoms with Crippen LogP contribution in [0, 0.1) is 11.3 Å². The van der Waals surface area contributed by atoms with Crippen molar-refractivity contribution >= 4 is 55.6 Å². The van der Waals surface area contributed by atoms with Gasteiger partial charge in [0.05, 0.1) is 16.7 Å². The molecule has 4 rings (SSSR count). The Morgan fingerprint density at radius 2 is 2.23 bits per heavy atom. The summed E-state index contributed by atoms with van der Waals surface area (Å²) in [5.74, 6) is -0.105. The molecule has 0 spiro atoms. The number of rotatable bonds is 6. The van der Waals surface area contributed by atoms with Gasteiger partial charge in [-0.1, -0.05) is 24.3 Å². The van der Waals surface area contributed by atoms with Crippen LogP contribution in [0.4, 0.5) is 5.00 Å². The van der Waals surface area contributed by atoms with E-state index in [-0.39, 0.29) is 17.2 Å². The molecule has 1 N–H and O–H groups in total. The summed E-state index contributed by atoms with van der Waals surface area (Å²) in [6, 6.07) is 4.05. The molecule has 1 amide bonds. The standard InChI is InChI=1S/C21H20N4O2S3/c1-2-9-25-20(27)14-8-10-28-18(14)24-21(25)29-12-17(26)23-19-15(11-22)13-6-4-3-5-7-16(13)30-19/h2,8,10H,1,3-7,9,12H2,(H,23,26). The molecule has 9 heteroatoms. The normalized spacial score (nSPS) is 13.4. The first-order valence-electron chi connectivity index (χ1n) is 9.68. The summed E-state index contributed by atoms with van der Waals surface area (Å²) in [4.78, 5) is 31.8. The highest BCUT2D eigenvalue weighted by molar-refractivity contribution is 7.99. The van der Waals surface area contributed by atoms with Gasteiger partial charge in [0.2, 0.25) is 5.91 Å². The molecule has 3 aromatic heterocycles. The van der Waals surface area contributed by atoms with Gasteiger partial charge in [0.1, 0.15) is 15.9 Å². The molecule has 0 saturated carbocycles. The fraction of sp³-hybridized carbons (Fsp3) is 0.333. The minimum Gasteiger partial charge on any atom is -0.316 e. The predicted molar refractivity (Wildman–Crippen MR) is 124 cm³/mol. The van der Waals surface area contributed by atoms with Crippen LogP contribution < -0.4 is 10.9 Å². The molecule has 0 bridgehead atoms. The lowest BCUT2D eigenvalue weighted by Gasteiger charge is -2.10. The van der Waals surface area contributed by atoms with E-state index in [1.165, 1.54) is 50.3 Å². The van der Waals surface area contributed by atoms with Gasteiger partial charge < -0.3 is 5.32 Å². The second-order valence-electron chi connectivity index (χ2n) is 6.96. The lowest BCUT2D eigenvalue weighted by atomic mass is 10.1. The monoisotopic (exact) mass is 456 g/mol. The Kier molecular flexibility index (Phi) is 6.37. The first-order valence-corrected chi connectivity index (χ1v) is 12.4. The molecule has 0 atom stereocenters. The molecule has 0 radical (unpaired) electrons. The third-order valence-corrected chi connectivity index (χ3v) is 7.97. The van der Waals surface area contributed by atoms with E-state index in [4.69, 9.17) is 0 Å². The van der Waals surface area contributed by atoms with Gasteiger partial charge in [0.25, 0.3) is 5.56 Å². The van der Waals surface area contributed by atoms with Crippen LogP contribution in [0.25, 0.3) is 10.2 Å². The molecule has 1 aliphatic rings. The Hall–Kier alpha value is -2.41. The van der Waals surface area contributed by atoms with Gasteiger partial charge >= 0.3 is 0 Å². The summed E-state index contributed by atoms with van der Waals surface area (Å²) in [5, 5.41) is 16.1. The maximum atomic E-state index is 12.7. The first-order chi connectivity index (χ1) is 14.6. The van der Waals surface area contributed by atoms with Crippen molar-refractivity contribution in [2.75, 3.05) is 11.1 Å². The zero-order valence-corrected chi connectivity index (χ0v) is 18.7. The fourth-order valence-electron chi connectivity index (χ4n) is 3.57. The lowest BCUT2D eigenvalue weighted by Crippen LogP contribution is -2.23. The third kappa shape index (κ3) is 4.08. The Morgan fingerprint density at radius 3 is 3.03 bits per heavy atom. The Bertz CT molecular complexity index is 1220. The number of aromatic nitrogens is 2. The van der Waals surface area contributed by atoms with Gasteiger partial charge in [-0.05, 0) is 42.7 Å². The first kappa shape index (κ1) is 20.8. The van der Waals surface area contributed by atoms with E-state index in [9.17, 15) is 14.9 Å². The number of anilines is 1. The molecule has 3 heterocycles. The number of hydrogen-bond acceptors (Lipinski definition) is 7. The van der Waals surface area contributed by atoms with Gasteiger partial charge in [-0.2, -0.15) is 5.26 Å². The summed E-state index contributed by atoms with van der Waals surface area (Å²) < 4.78 is 1.54. The minimum atomic E-state index is -0.210. The molecular weight excluding hydrogens is 436 g/mol. The number of hydrogen-bond donors (Lipinski definition) is 1. The van der Waals surface area contributed by atoms with E-state index in [1.807, 2.05) is 5.38 Å². The minimum absolute atomic E-state index is 0.105. The van der Waals surface area contributed by atoms with E-state index in [0.29, 0.717) is 32.5 Å². The summed E-state index contributed by atoms with van der Waals surface area (Å²) in [6.07, 6.45) is 6.90. The molecule has 1 aliphatic carbocycles. The van der Waals surface area contributed by atoms with Crippen molar-refractivity contribution in [1.82, 2.24) is 9.55 Å². The van der Waals surface area contributed by atoms with Crippen LogP contribution in [0.1, 0.15) is 35.3 Å². The number of aryl methyl sites for hydroxylation is 1. The summed E-state index contributed by atoms with van der Waals surface area (Å²) in [6.45, 7) is 4.04. The van der Waals surface area contributed by atoms with E-state index in [0.717, 1.165) is 31.2 Å². The molecule has 0 aromatic carbocycles. The zero-order valence-electron chi connectivity index (χ0n) is 16.3. The Labute approximate surface area is 186 Å². The number of nitrogens with zero attached hydrogens (tertiary/aromatic N) is 3. The van der Waals surface area contributed by atoms with Gasteiger partial charge in [-0.25, -0.2) is 4.98 Å².